The monoisotopic (exact) mass is 348 g/mol. The number of H-pyrrole nitrogens is 1. The quantitative estimate of drug-likeness (QED) is 0.685. The van der Waals surface area contributed by atoms with Gasteiger partial charge in [0.05, 0.1) is 11.9 Å². The first-order chi connectivity index (χ1) is 12.7. The van der Waals surface area contributed by atoms with E-state index in [9.17, 15) is 9.90 Å². The van der Waals surface area contributed by atoms with Gasteiger partial charge in [-0.05, 0) is 56.0 Å². The summed E-state index contributed by atoms with van der Waals surface area (Å²) in [5.74, 6) is 0.925. The molecule has 0 amide bonds. The van der Waals surface area contributed by atoms with Crippen molar-refractivity contribution in [3.8, 4) is 5.75 Å². The van der Waals surface area contributed by atoms with E-state index in [-0.39, 0.29) is 11.5 Å². The Morgan fingerprint density at radius 3 is 2.62 bits per heavy atom. The Morgan fingerprint density at radius 1 is 1.08 bits per heavy atom. The molecule has 0 saturated carbocycles. The van der Waals surface area contributed by atoms with Gasteiger partial charge in [-0.2, -0.15) is 0 Å². The Labute approximate surface area is 153 Å². The minimum Gasteiger partial charge on any atom is -0.507 e. The Kier molecular flexibility index (Phi) is 4.76. The van der Waals surface area contributed by atoms with E-state index in [2.05, 4.69) is 40.2 Å². The smallest absolute Gasteiger partial charge is 0.179 e. The number of nitrogens with one attached hydrogen (secondary N) is 1. The van der Waals surface area contributed by atoms with Gasteiger partial charge in [0, 0.05) is 17.3 Å². The molecule has 26 heavy (non-hydrogen) atoms. The van der Waals surface area contributed by atoms with Crippen LogP contribution in [0, 0.1) is 5.92 Å². The molecule has 0 atom stereocenters. The lowest BCUT2D eigenvalue weighted by molar-refractivity contribution is 0.0897. The van der Waals surface area contributed by atoms with Gasteiger partial charge in [-0.1, -0.05) is 36.4 Å². The molecule has 1 aliphatic heterocycles. The zero-order chi connectivity index (χ0) is 17.9. The first-order valence-electron chi connectivity index (χ1n) is 9.29. The molecule has 2 N–H and O–H groups in total. The SMILES string of the molecule is O=C(CN1CCC(Cc2ccccc2)CC1)c1c[nH]c2cccc(O)c12. The molecule has 1 aliphatic rings. The van der Waals surface area contributed by atoms with E-state index in [4.69, 9.17) is 0 Å². The van der Waals surface area contributed by atoms with Crippen molar-refractivity contribution >= 4 is 16.7 Å². The van der Waals surface area contributed by atoms with E-state index in [0.717, 1.165) is 37.9 Å². The zero-order valence-corrected chi connectivity index (χ0v) is 14.8. The summed E-state index contributed by atoms with van der Waals surface area (Å²) < 4.78 is 0. The number of carbonyl (C=O) groups excluding carboxylic acids is 1. The average molecular weight is 348 g/mol. The highest BCUT2D eigenvalue weighted by Crippen LogP contribution is 2.28. The molecule has 1 fully saturated rings. The van der Waals surface area contributed by atoms with Crippen molar-refractivity contribution in [1.29, 1.82) is 0 Å². The van der Waals surface area contributed by atoms with Gasteiger partial charge in [0.25, 0.3) is 0 Å². The second kappa shape index (κ2) is 7.34. The molecule has 4 nitrogen and oxygen atoms in total. The number of aromatic hydroxyl groups is 1. The summed E-state index contributed by atoms with van der Waals surface area (Å²) >= 11 is 0. The van der Waals surface area contributed by atoms with Crippen molar-refractivity contribution in [3.05, 3.63) is 65.9 Å². The van der Waals surface area contributed by atoms with E-state index >= 15 is 0 Å². The van der Waals surface area contributed by atoms with Crippen LogP contribution in [0.5, 0.6) is 5.75 Å². The number of carbonyl (C=O) groups is 1. The zero-order valence-electron chi connectivity index (χ0n) is 14.8. The predicted molar refractivity (Wildman–Crippen MR) is 104 cm³/mol. The summed E-state index contributed by atoms with van der Waals surface area (Å²) in [7, 11) is 0. The van der Waals surface area contributed by atoms with Crippen LogP contribution in [-0.2, 0) is 6.42 Å². The van der Waals surface area contributed by atoms with Crippen LogP contribution in [0.15, 0.2) is 54.7 Å². The second-order valence-corrected chi connectivity index (χ2v) is 7.23. The molecule has 134 valence electrons. The minimum atomic E-state index is 0.0688. The number of fused-ring (bicyclic) bond motifs is 1. The van der Waals surface area contributed by atoms with Gasteiger partial charge >= 0.3 is 0 Å². The van der Waals surface area contributed by atoms with Gasteiger partial charge in [-0.15, -0.1) is 0 Å². The maximum atomic E-state index is 12.7. The van der Waals surface area contributed by atoms with Gasteiger partial charge in [0.2, 0.25) is 0 Å². The second-order valence-electron chi connectivity index (χ2n) is 7.23. The highest BCUT2D eigenvalue weighted by molar-refractivity contribution is 6.10. The summed E-state index contributed by atoms with van der Waals surface area (Å²) in [5, 5.41) is 10.7. The summed E-state index contributed by atoms with van der Waals surface area (Å²) in [6.07, 6.45) is 5.09. The Morgan fingerprint density at radius 2 is 1.85 bits per heavy atom. The number of likely N-dealkylation sites (tertiary alicyclic amines) is 1. The number of aromatic nitrogens is 1. The van der Waals surface area contributed by atoms with Crippen LogP contribution >= 0.6 is 0 Å². The van der Waals surface area contributed by atoms with Crippen molar-refractivity contribution in [1.82, 2.24) is 9.88 Å². The standard InChI is InChI=1S/C22H24N2O2/c25-20-8-4-7-19-22(20)18(14-23-19)21(26)15-24-11-9-17(10-12-24)13-16-5-2-1-3-6-16/h1-8,14,17,23,25H,9-13,15H2. The third kappa shape index (κ3) is 3.51. The maximum absolute atomic E-state index is 12.7. The molecule has 0 radical (unpaired) electrons. The Balaban J connectivity index is 1.36. The number of hydrogen-bond donors (Lipinski definition) is 2. The number of piperidine rings is 1. The molecule has 4 rings (SSSR count). The van der Waals surface area contributed by atoms with Gasteiger partial charge in [0.15, 0.2) is 5.78 Å². The van der Waals surface area contributed by atoms with Crippen molar-refractivity contribution in [2.45, 2.75) is 19.3 Å². The molecule has 0 spiro atoms. The van der Waals surface area contributed by atoms with E-state index in [0.29, 0.717) is 23.4 Å². The fourth-order valence-electron chi connectivity index (χ4n) is 3.97. The molecule has 0 bridgehead atoms. The molecule has 1 aromatic heterocycles. The molecule has 1 saturated heterocycles. The Bertz CT molecular complexity index is 893. The van der Waals surface area contributed by atoms with Crippen LogP contribution < -0.4 is 0 Å². The summed E-state index contributed by atoms with van der Waals surface area (Å²) in [4.78, 5) is 18.1. The molecule has 2 heterocycles. The Hall–Kier alpha value is -2.59. The fourth-order valence-corrected chi connectivity index (χ4v) is 3.97. The van der Waals surface area contributed by atoms with Crippen LogP contribution in [0.1, 0.15) is 28.8 Å². The maximum Gasteiger partial charge on any atom is 0.179 e. The van der Waals surface area contributed by atoms with Gasteiger partial charge < -0.3 is 10.1 Å². The summed E-state index contributed by atoms with van der Waals surface area (Å²) in [5.41, 5.74) is 2.79. The lowest BCUT2D eigenvalue weighted by Gasteiger charge is -2.31. The molecule has 2 aromatic carbocycles. The predicted octanol–water partition coefficient (Wildman–Crippen LogP) is 4.01. The van der Waals surface area contributed by atoms with Crippen molar-refractivity contribution in [2.75, 3.05) is 19.6 Å². The molecule has 3 aromatic rings. The number of phenols is 1. The lowest BCUT2D eigenvalue weighted by atomic mass is 9.90. The van der Waals surface area contributed by atoms with Gasteiger partial charge in [-0.25, -0.2) is 0 Å². The third-order valence-corrected chi connectivity index (χ3v) is 5.43. The van der Waals surface area contributed by atoms with Crippen LogP contribution in [-0.4, -0.2) is 40.4 Å². The lowest BCUT2D eigenvalue weighted by Crippen LogP contribution is -2.37. The fraction of sp³-hybridized carbons (Fsp3) is 0.318. The summed E-state index contributed by atoms with van der Waals surface area (Å²) in [6.45, 7) is 2.33. The van der Waals surface area contributed by atoms with E-state index in [1.807, 2.05) is 6.07 Å². The number of ketones is 1. The normalized spacial score (nSPS) is 16.2. The molecular weight excluding hydrogens is 324 g/mol. The first kappa shape index (κ1) is 16.9. The largest absolute Gasteiger partial charge is 0.507 e. The highest BCUT2D eigenvalue weighted by atomic mass is 16.3. The molecular formula is C22H24N2O2. The number of hydrogen-bond acceptors (Lipinski definition) is 3. The topological polar surface area (TPSA) is 56.3 Å². The number of phenolic OH excluding ortho intramolecular Hbond substituents is 1. The van der Waals surface area contributed by atoms with E-state index < -0.39 is 0 Å². The highest BCUT2D eigenvalue weighted by Gasteiger charge is 2.23. The van der Waals surface area contributed by atoms with Crippen LogP contribution in [0.2, 0.25) is 0 Å². The molecule has 0 unspecified atom stereocenters. The van der Waals surface area contributed by atoms with Crippen LogP contribution in [0.3, 0.4) is 0 Å². The number of benzene rings is 2. The van der Waals surface area contributed by atoms with E-state index in [1.165, 1.54) is 5.56 Å². The van der Waals surface area contributed by atoms with Crippen molar-refractivity contribution in [3.63, 3.8) is 0 Å². The average Bonchev–Trinajstić information content (AvgIpc) is 3.10. The third-order valence-electron chi connectivity index (χ3n) is 5.43. The van der Waals surface area contributed by atoms with Crippen molar-refractivity contribution < 1.29 is 9.90 Å². The van der Waals surface area contributed by atoms with Gasteiger partial charge in [-0.3, -0.25) is 9.69 Å². The first-order valence-corrected chi connectivity index (χ1v) is 9.29. The molecule has 4 heteroatoms. The van der Waals surface area contributed by atoms with Crippen LogP contribution in [0.4, 0.5) is 0 Å². The number of aromatic amines is 1. The number of nitrogens with zero attached hydrogens (tertiary/aromatic N) is 1. The van der Waals surface area contributed by atoms with E-state index in [1.54, 1.807) is 18.3 Å². The number of Topliss-reactive ketones (excluding diaryl/α,β-unsaturated/α-hetero) is 1. The van der Waals surface area contributed by atoms with Gasteiger partial charge in [0.1, 0.15) is 5.75 Å². The number of rotatable bonds is 5. The summed E-state index contributed by atoms with van der Waals surface area (Å²) in [6, 6.07) is 15.9. The van der Waals surface area contributed by atoms with Crippen LogP contribution in [0.25, 0.3) is 10.9 Å². The minimum absolute atomic E-state index is 0.0688. The van der Waals surface area contributed by atoms with Crippen molar-refractivity contribution in [2.24, 2.45) is 5.92 Å². The molecule has 0 aliphatic carbocycles.